The molecule has 82 valence electrons. The van der Waals surface area contributed by atoms with Gasteiger partial charge in [-0.2, -0.15) is 0 Å². The van der Waals surface area contributed by atoms with Crippen molar-refractivity contribution in [2.75, 3.05) is 0 Å². The third-order valence-electron chi connectivity index (χ3n) is 2.13. The zero-order valence-corrected chi connectivity index (χ0v) is 9.18. The molecule has 0 fully saturated rings. The van der Waals surface area contributed by atoms with Gasteiger partial charge in [-0.3, -0.25) is 4.98 Å². The minimum Gasteiger partial charge on any atom is -0.255 e. The van der Waals surface area contributed by atoms with Crippen LogP contribution in [0.15, 0.2) is 53.6 Å². The Morgan fingerprint density at radius 2 is 1.69 bits per heavy atom. The molecule has 0 aliphatic carbocycles. The van der Waals surface area contributed by atoms with Gasteiger partial charge in [0.1, 0.15) is 4.90 Å². The van der Waals surface area contributed by atoms with Crippen molar-refractivity contribution >= 4 is 10.0 Å². The second-order valence-electron chi connectivity index (χ2n) is 3.29. The van der Waals surface area contributed by atoms with Crippen molar-refractivity contribution in [1.29, 1.82) is 0 Å². The number of hydrogen-bond donors (Lipinski definition) is 1. The molecule has 0 amide bonds. The molecule has 0 bridgehead atoms. The molecule has 0 aliphatic heterocycles. The Kier molecular flexibility index (Phi) is 2.72. The molecular formula is C11H10N2O2S. The molecule has 0 unspecified atom stereocenters. The van der Waals surface area contributed by atoms with Gasteiger partial charge in [-0.15, -0.1) is 0 Å². The highest BCUT2D eigenvalue weighted by Crippen LogP contribution is 2.17. The van der Waals surface area contributed by atoms with Crippen LogP contribution >= 0.6 is 0 Å². The second kappa shape index (κ2) is 4.03. The first-order valence-corrected chi connectivity index (χ1v) is 6.16. The summed E-state index contributed by atoms with van der Waals surface area (Å²) in [4.78, 5) is 4.08. The van der Waals surface area contributed by atoms with Gasteiger partial charge in [0, 0.05) is 11.8 Å². The summed E-state index contributed by atoms with van der Waals surface area (Å²) in [5.74, 6) is 0. The number of aromatic nitrogens is 1. The molecular weight excluding hydrogens is 224 g/mol. The molecule has 16 heavy (non-hydrogen) atoms. The van der Waals surface area contributed by atoms with Gasteiger partial charge < -0.3 is 0 Å². The van der Waals surface area contributed by atoms with Crippen molar-refractivity contribution in [2.24, 2.45) is 5.14 Å². The van der Waals surface area contributed by atoms with Crippen molar-refractivity contribution in [3.05, 3.63) is 48.7 Å². The van der Waals surface area contributed by atoms with Gasteiger partial charge in [0.15, 0.2) is 0 Å². The maximum atomic E-state index is 11.0. The summed E-state index contributed by atoms with van der Waals surface area (Å²) in [5, 5.41) is 4.98. The molecule has 0 atom stereocenters. The third-order valence-corrected chi connectivity index (χ3v) is 3.03. The first kappa shape index (κ1) is 10.8. The Balaban J connectivity index is 2.41. The van der Waals surface area contributed by atoms with Crippen molar-refractivity contribution in [3.8, 4) is 11.3 Å². The Hall–Kier alpha value is -1.72. The Labute approximate surface area is 93.8 Å². The number of benzene rings is 1. The van der Waals surface area contributed by atoms with Gasteiger partial charge >= 0.3 is 0 Å². The molecule has 1 aromatic heterocycles. The summed E-state index contributed by atoms with van der Waals surface area (Å²) >= 11 is 0. The Bertz CT molecular complexity index is 577. The number of hydrogen-bond acceptors (Lipinski definition) is 3. The number of pyridine rings is 1. The van der Waals surface area contributed by atoms with Crippen LogP contribution in [0.1, 0.15) is 0 Å². The van der Waals surface area contributed by atoms with E-state index in [1.54, 1.807) is 6.07 Å². The van der Waals surface area contributed by atoms with E-state index in [1.165, 1.54) is 12.3 Å². The van der Waals surface area contributed by atoms with E-state index in [0.29, 0.717) is 5.69 Å². The molecule has 0 saturated carbocycles. The molecule has 1 aromatic carbocycles. The fourth-order valence-corrected chi connectivity index (χ4v) is 1.79. The summed E-state index contributed by atoms with van der Waals surface area (Å²) in [7, 11) is -3.66. The van der Waals surface area contributed by atoms with E-state index in [-0.39, 0.29) is 4.90 Å². The van der Waals surface area contributed by atoms with Crippen LogP contribution in [-0.2, 0) is 10.0 Å². The minimum atomic E-state index is -3.66. The zero-order valence-electron chi connectivity index (χ0n) is 8.37. The smallest absolute Gasteiger partial charge is 0.239 e. The highest BCUT2D eigenvalue weighted by Gasteiger charge is 2.07. The highest BCUT2D eigenvalue weighted by molar-refractivity contribution is 7.89. The van der Waals surface area contributed by atoms with Gasteiger partial charge in [0.05, 0.1) is 5.69 Å². The van der Waals surface area contributed by atoms with Crippen LogP contribution in [-0.4, -0.2) is 13.4 Å². The van der Waals surface area contributed by atoms with E-state index >= 15 is 0 Å². The van der Waals surface area contributed by atoms with E-state index in [9.17, 15) is 8.42 Å². The molecule has 0 saturated heterocycles. The quantitative estimate of drug-likeness (QED) is 0.853. The first-order chi connectivity index (χ1) is 7.57. The monoisotopic (exact) mass is 234 g/mol. The molecule has 0 aliphatic rings. The zero-order chi connectivity index (χ0) is 11.6. The first-order valence-electron chi connectivity index (χ1n) is 4.62. The Morgan fingerprint density at radius 1 is 1.00 bits per heavy atom. The maximum Gasteiger partial charge on any atom is 0.239 e. The summed E-state index contributed by atoms with van der Waals surface area (Å²) < 4.78 is 22.0. The lowest BCUT2D eigenvalue weighted by molar-refractivity contribution is 0.597. The largest absolute Gasteiger partial charge is 0.255 e. The van der Waals surface area contributed by atoms with Crippen LogP contribution in [0.5, 0.6) is 0 Å². The lowest BCUT2D eigenvalue weighted by Crippen LogP contribution is -2.12. The van der Waals surface area contributed by atoms with E-state index in [4.69, 9.17) is 5.14 Å². The number of nitrogens with two attached hydrogens (primary N) is 1. The van der Waals surface area contributed by atoms with Crippen molar-refractivity contribution in [2.45, 2.75) is 4.90 Å². The number of primary sulfonamides is 1. The maximum absolute atomic E-state index is 11.0. The molecule has 0 radical (unpaired) electrons. The molecule has 0 spiro atoms. The summed E-state index contributed by atoms with van der Waals surface area (Å²) in [5.41, 5.74) is 1.65. The van der Waals surface area contributed by atoms with E-state index in [1.807, 2.05) is 30.3 Å². The average Bonchev–Trinajstić information content (AvgIpc) is 2.29. The minimum absolute atomic E-state index is 0.0205. The SMILES string of the molecule is NS(=O)(=O)c1ccc(-c2ccccc2)nc1. The number of sulfonamides is 1. The van der Waals surface area contributed by atoms with Gasteiger partial charge in [-0.05, 0) is 12.1 Å². The average molecular weight is 234 g/mol. The molecule has 4 nitrogen and oxygen atoms in total. The fraction of sp³-hybridized carbons (Fsp3) is 0. The van der Waals surface area contributed by atoms with Crippen molar-refractivity contribution in [3.63, 3.8) is 0 Å². The highest BCUT2D eigenvalue weighted by atomic mass is 32.2. The van der Waals surface area contributed by atoms with Crippen LogP contribution in [0.25, 0.3) is 11.3 Å². The van der Waals surface area contributed by atoms with Crippen LogP contribution < -0.4 is 5.14 Å². The number of nitrogens with zero attached hydrogens (tertiary/aromatic N) is 1. The lowest BCUT2D eigenvalue weighted by atomic mass is 10.1. The van der Waals surface area contributed by atoms with Gasteiger partial charge in [-0.1, -0.05) is 30.3 Å². The van der Waals surface area contributed by atoms with Crippen LogP contribution in [0, 0.1) is 0 Å². The molecule has 2 aromatic rings. The number of rotatable bonds is 2. The molecule has 5 heteroatoms. The predicted molar refractivity (Wildman–Crippen MR) is 61.0 cm³/mol. The van der Waals surface area contributed by atoms with Crippen molar-refractivity contribution in [1.82, 2.24) is 4.98 Å². The summed E-state index contributed by atoms with van der Waals surface area (Å²) in [6.07, 6.45) is 1.26. The fourth-order valence-electron chi connectivity index (χ4n) is 1.33. The van der Waals surface area contributed by atoms with Crippen molar-refractivity contribution < 1.29 is 8.42 Å². The van der Waals surface area contributed by atoms with E-state index in [2.05, 4.69) is 4.98 Å². The van der Waals surface area contributed by atoms with Gasteiger partial charge in [0.25, 0.3) is 0 Å². The second-order valence-corrected chi connectivity index (χ2v) is 4.85. The molecule has 1 heterocycles. The van der Waals surface area contributed by atoms with Crippen LogP contribution in [0.3, 0.4) is 0 Å². The van der Waals surface area contributed by atoms with Gasteiger partial charge in [0.2, 0.25) is 10.0 Å². The summed E-state index contributed by atoms with van der Waals surface area (Å²) in [6, 6.07) is 12.6. The van der Waals surface area contributed by atoms with E-state index < -0.39 is 10.0 Å². The normalized spacial score (nSPS) is 11.3. The van der Waals surface area contributed by atoms with E-state index in [0.717, 1.165) is 5.56 Å². The standard InChI is InChI=1S/C11H10N2O2S/c12-16(14,15)10-6-7-11(13-8-10)9-4-2-1-3-5-9/h1-8H,(H2,12,14,15). The Morgan fingerprint density at radius 3 is 2.19 bits per heavy atom. The van der Waals surface area contributed by atoms with Gasteiger partial charge in [-0.25, -0.2) is 13.6 Å². The molecule has 2 N–H and O–H groups in total. The van der Waals surface area contributed by atoms with Crippen LogP contribution in [0.2, 0.25) is 0 Å². The summed E-state index contributed by atoms with van der Waals surface area (Å²) in [6.45, 7) is 0. The third kappa shape index (κ3) is 2.26. The predicted octanol–water partition coefficient (Wildman–Crippen LogP) is 1.40. The topological polar surface area (TPSA) is 73.1 Å². The van der Waals surface area contributed by atoms with Crippen LogP contribution in [0.4, 0.5) is 0 Å². The molecule has 2 rings (SSSR count). The lowest BCUT2D eigenvalue weighted by Gasteiger charge is -2.01.